The third kappa shape index (κ3) is 2.34. The van der Waals surface area contributed by atoms with Crippen LogP contribution in [-0.4, -0.2) is 0 Å². The largest absolute Gasteiger partial charge is 0.397 e. The fourth-order valence-electron chi connectivity index (χ4n) is 1.55. The normalized spacial score (nSPS) is 10.3. The zero-order valence-electron chi connectivity index (χ0n) is 9.30. The molecule has 0 radical (unpaired) electrons. The number of benzene rings is 2. The summed E-state index contributed by atoms with van der Waals surface area (Å²) in [5.74, 6) is -0.299. The van der Waals surface area contributed by atoms with Gasteiger partial charge in [-0.3, -0.25) is 0 Å². The van der Waals surface area contributed by atoms with Crippen molar-refractivity contribution in [3.05, 3.63) is 52.8 Å². The summed E-state index contributed by atoms with van der Waals surface area (Å²) >= 11 is 6.01. The maximum Gasteiger partial charge on any atom is 0.149 e. The van der Waals surface area contributed by atoms with E-state index >= 15 is 0 Å². The first kappa shape index (κ1) is 11.7. The van der Waals surface area contributed by atoms with E-state index in [-0.39, 0.29) is 5.82 Å². The van der Waals surface area contributed by atoms with Crippen molar-refractivity contribution in [3.8, 4) is 0 Å². The first-order chi connectivity index (χ1) is 8.09. The van der Waals surface area contributed by atoms with E-state index in [0.29, 0.717) is 27.6 Å². The molecule has 0 aliphatic heterocycles. The van der Waals surface area contributed by atoms with Gasteiger partial charge >= 0.3 is 0 Å². The second kappa shape index (κ2) is 4.63. The second-order valence-corrected chi connectivity index (χ2v) is 4.17. The van der Waals surface area contributed by atoms with E-state index in [1.54, 1.807) is 43.3 Å². The van der Waals surface area contributed by atoms with Crippen LogP contribution < -0.4 is 11.1 Å². The Labute approximate surface area is 104 Å². The molecule has 0 unspecified atom stereocenters. The van der Waals surface area contributed by atoms with E-state index in [1.807, 2.05) is 0 Å². The number of hydrogen-bond donors (Lipinski definition) is 2. The summed E-state index contributed by atoms with van der Waals surface area (Å²) in [5.41, 5.74) is 7.73. The molecule has 2 aromatic rings. The minimum Gasteiger partial charge on any atom is -0.397 e. The zero-order chi connectivity index (χ0) is 12.4. The van der Waals surface area contributed by atoms with Crippen LogP contribution in [0.1, 0.15) is 5.56 Å². The fourth-order valence-corrected chi connectivity index (χ4v) is 1.78. The van der Waals surface area contributed by atoms with Gasteiger partial charge in [0.15, 0.2) is 0 Å². The molecule has 0 bridgehead atoms. The predicted octanol–water partition coefficient (Wildman–Crippen LogP) is 4.11. The molecule has 0 saturated carbocycles. The standard InChI is InChI=1S/C13H12ClFN2/c1-8-4-2-7-11(12(8)15)17-13-9(14)5-3-6-10(13)16/h2-7,17H,16H2,1H3. The number of hydrogen-bond acceptors (Lipinski definition) is 2. The summed E-state index contributed by atoms with van der Waals surface area (Å²) in [5, 5.41) is 3.38. The van der Waals surface area contributed by atoms with Crippen molar-refractivity contribution in [2.24, 2.45) is 0 Å². The van der Waals surface area contributed by atoms with Crippen LogP contribution in [0.3, 0.4) is 0 Å². The molecule has 0 aliphatic rings. The SMILES string of the molecule is Cc1cccc(Nc2c(N)cccc2Cl)c1F. The maximum absolute atomic E-state index is 13.8. The van der Waals surface area contributed by atoms with Crippen LogP contribution in [0.5, 0.6) is 0 Å². The Bertz CT molecular complexity index is 535. The second-order valence-electron chi connectivity index (χ2n) is 3.77. The van der Waals surface area contributed by atoms with Crippen LogP contribution in [0.15, 0.2) is 36.4 Å². The molecular weight excluding hydrogens is 239 g/mol. The van der Waals surface area contributed by atoms with Gasteiger partial charge in [0.2, 0.25) is 0 Å². The maximum atomic E-state index is 13.8. The molecule has 17 heavy (non-hydrogen) atoms. The minimum absolute atomic E-state index is 0.299. The molecule has 3 N–H and O–H groups in total. The number of nitrogens with two attached hydrogens (primary N) is 1. The quantitative estimate of drug-likeness (QED) is 0.787. The average Bonchev–Trinajstić information content (AvgIpc) is 2.29. The molecular formula is C13H12ClFN2. The van der Waals surface area contributed by atoms with Crippen LogP contribution in [-0.2, 0) is 0 Å². The third-order valence-corrected chi connectivity index (χ3v) is 2.81. The highest BCUT2D eigenvalue weighted by molar-refractivity contribution is 6.34. The summed E-state index contributed by atoms with van der Waals surface area (Å²) in [4.78, 5) is 0. The highest BCUT2D eigenvalue weighted by Gasteiger charge is 2.09. The van der Waals surface area contributed by atoms with Gasteiger partial charge in [0.25, 0.3) is 0 Å². The van der Waals surface area contributed by atoms with Crippen LogP contribution in [0, 0.1) is 12.7 Å². The number of anilines is 3. The molecule has 2 nitrogen and oxygen atoms in total. The van der Waals surface area contributed by atoms with Crippen molar-refractivity contribution < 1.29 is 4.39 Å². The van der Waals surface area contributed by atoms with Crippen molar-refractivity contribution in [1.82, 2.24) is 0 Å². The number of rotatable bonds is 2. The lowest BCUT2D eigenvalue weighted by molar-refractivity contribution is 0.623. The number of para-hydroxylation sites is 1. The van der Waals surface area contributed by atoms with E-state index in [4.69, 9.17) is 17.3 Å². The van der Waals surface area contributed by atoms with Gasteiger partial charge in [-0.2, -0.15) is 0 Å². The molecule has 2 aromatic carbocycles. The monoisotopic (exact) mass is 250 g/mol. The molecule has 2 rings (SSSR count). The van der Waals surface area contributed by atoms with Crippen molar-refractivity contribution in [2.45, 2.75) is 6.92 Å². The molecule has 0 aromatic heterocycles. The Morgan fingerprint density at radius 1 is 1.18 bits per heavy atom. The molecule has 0 amide bonds. The van der Waals surface area contributed by atoms with Gasteiger partial charge in [-0.15, -0.1) is 0 Å². The van der Waals surface area contributed by atoms with Crippen molar-refractivity contribution in [3.63, 3.8) is 0 Å². The predicted molar refractivity (Wildman–Crippen MR) is 70.3 cm³/mol. The Balaban J connectivity index is 2.42. The van der Waals surface area contributed by atoms with E-state index in [9.17, 15) is 4.39 Å². The minimum atomic E-state index is -0.299. The molecule has 0 heterocycles. The Morgan fingerprint density at radius 3 is 2.59 bits per heavy atom. The van der Waals surface area contributed by atoms with E-state index in [2.05, 4.69) is 5.32 Å². The highest BCUT2D eigenvalue weighted by Crippen LogP contribution is 2.32. The molecule has 0 aliphatic carbocycles. The summed E-state index contributed by atoms with van der Waals surface area (Å²) in [6.45, 7) is 1.70. The van der Waals surface area contributed by atoms with Crippen molar-refractivity contribution >= 4 is 28.7 Å². The van der Waals surface area contributed by atoms with Gasteiger partial charge in [-0.05, 0) is 30.7 Å². The lowest BCUT2D eigenvalue weighted by Crippen LogP contribution is -1.99. The Morgan fingerprint density at radius 2 is 1.88 bits per heavy atom. The van der Waals surface area contributed by atoms with Crippen molar-refractivity contribution in [2.75, 3.05) is 11.1 Å². The number of nitrogens with one attached hydrogen (secondary N) is 1. The summed E-state index contributed by atoms with van der Waals surface area (Å²) in [7, 11) is 0. The van der Waals surface area contributed by atoms with Gasteiger partial charge in [0.05, 0.1) is 22.1 Å². The lowest BCUT2D eigenvalue weighted by Gasteiger charge is -2.12. The number of halogens is 2. The van der Waals surface area contributed by atoms with Crippen molar-refractivity contribution in [1.29, 1.82) is 0 Å². The van der Waals surface area contributed by atoms with Gasteiger partial charge in [0, 0.05) is 0 Å². The van der Waals surface area contributed by atoms with Crippen LogP contribution in [0.4, 0.5) is 21.5 Å². The molecule has 0 saturated heterocycles. The van der Waals surface area contributed by atoms with Gasteiger partial charge in [0.1, 0.15) is 5.82 Å². The lowest BCUT2D eigenvalue weighted by atomic mass is 10.2. The number of nitrogen functional groups attached to an aromatic ring is 1. The van der Waals surface area contributed by atoms with Crippen LogP contribution in [0.25, 0.3) is 0 Å². The van der Waals surface area contributed by atoms with Crippen LogP contribution >= 0.6 is 11.6 Å². The number of aryl methyl sites for hydroxylation is 1. The average molecular weight is 251 g/mol. The highest BCUT2D eigenvalue weighted by atomic mass is 35.5. The molecule has 88 valence electrons. The van der Waals surface area contributed by atoms with Gasteiger partial charge in [-0.25, -0.2) is 4.39 Å². The van der Waals surface area contributed by atoms with E-state index in [1.165, 1.54) is 0 Å². The molecule has 0 spiro atoms. The van der Waals surface area contributed by atoms with Gasteiger partial charge < -0.3 is 11.1 Å². The zero-order valence-corrected chi connectivity index (χ0v) is 10.1. The summed E-state index contributed by atoms with van der Waals surface area (Å²) in [6.07, 6.45) is 0. The molecule has 4 heteroatoms. The van der Waals surface area contributed by atoms with Crippen LogP contribution in [0.2, 0.25) is 5.02 Å². The van der Waals surface area contributed by atoms with E-state index < -0.39 is 0 Å². The topological polar surface area (TPSA) is 38.0 Å². The van der Waals surface area contributed by atoms with E-state index in [0.717, 1.165) is 0 Å². The Hall–Kier alpha value is -1.74. The van der Waals surface area contributed by atoms with Gasteiger partial charge in [-0.1, -0.05) is 29.8 Å². The molecule has 0 atom stereocenters. The first-order valence-electron chi connectivity index (χ1n) is 5.15. The summed E-state index contributed by atoms with van der Waals surface area (Å²) < 4.78 is 13.8. The summed E-state index contributed by atoms with van der Waals surface area (Å²) in [6, 6.07) is 10.3. The third-order valence-electron chi connectivity index (χ3n) is 2.50. The first-order valence-corrected chi connectivity index (χ1v) is 5.53. The molecule has 0 fully saturated rings. The Kier molecular flexibility index (Phi) is 3.20. The smallest absolute Gasteiger partial charge is 0.149 e. The fraction of sp³-hybridized carbons (Fsp3) is 0.0769.